The van der Waals surface area contributed by atoms with Crippen molar-refractivity contribution >= 4 is 32.4 Å². The Morgan fingerprint density at radius 2 is 1.77 bits per heavy atom. The summed E-state index contributed by atoms with van der Waals surface area (Å²) in [6.45, 7) is 1.14. The zero-order valence-corrected chi connectivity index (χ0v) is 12.8. The summed E-state index contributed by atoms with van der Waals surface area (Å²) in [5, 5.41) is 4.12. The van der Waals surface area contributed by atoms with E-state index in [-0.39, 0.29) is 5.91 Å². The van der Waals surface area contributed by atoms with Crippen LogP contribution in [0, 0.1) is 0 Å². The normalized spacial score (nSPS) is 18.6. The summed E-state index contributed by atoms with van der Waals surface area (Å²) >= 11 is 0. The van der Waals surface area contributed by atoms with Gasteiger partial charge < -0.3 is 5.32 Å². The maximum atomic E-state index is 12.9. The van der Waals surface area contributed by atoms with Gasteiger partial charge in [0.25, 0.3) is 5.91 Å². The molecule has 0 spiro atoms. The third kappa shape index (κ3) is 1.87. The molecular formula is C16H16N2O3S. The molecule has 4 rings (SSSR count). The van der Waals surface area contributed by atoms with E-state index in [4.69, 9.17) is 0 Å². The second-order valence-electron chi connectivity index (χ2n) is 5.76. The number of nitrogens with zero attached hydrogens (tertiary/aromatic N) is 1. The monoisotopic (exact) mass is 316 g/mol. The molecule has 5 nitrogen and oxygen atoms in total. The number of anilines is 1. The van der Waals surface area contributed by atoms with Gasteiger partial charge in [0.2, 0.25) is 10.0 Å². The largest absolute Gasteiger partial charge is 0.321 e. The van der Waals surface area contributed by atoms with Gasteiger partial charge >= 0.3 is 0 Å². The Hall–Kier alpha value is -1.92. The van der Waals surface area contributed by atoms with Crippen molar-refractivity contribution in [2.45, 2.75) is 24.2 Å². The fraction of sp³-hybridized carbons (Fsp3) is 0.312. The predicted molar refractivity (Wildman–Crippen MR) is 84.5 cm³/mol. The SMILES string of the molecule is O=C1Nc2ccc(S(=O)(=O)N3CCCCC3)c3cccc1c23. The lowest BCUT2D eigenvalue weighted by Gasteiger charge is -2.26. The van der Waals surface area contributed by atoms with Gasteiger partial charge in [0, 0.05) is 35.1 Å². The standard InChI is InChI=1S/C16H16N2O3S/c19-16-12-6-4-5-11-14(8-7-13(17-16)15(11)12)22(20,21)18-9-2-1-3-10-18/h4-8H,1-3,9-10H2,(H,17,19). The van der Waals surface area contributed by atoms with Crippen molar-refractivity contribution in [3.05, 3.63) is 35.9 Å². The number of amides is 1. The average Bonchev–Trinajstić information content (AvgIpc) is 2.87. The molecular weight excluding hydrogens is 300 g/mol. The number of sulfonamides is 1. The highest BCUT2D eigenvalue weighted by Crippen LogP contribution is 2.37. The predicted octanol–water partition coefficient (Wildman–Crippen LogP) is 2.58. The second kappa shape index (κ2) is 4.79. The number of hydrogen-bond donors (Lipinski definition) is 1. The van der Waals surface area contributed by atoms with Crippen LogP contribution < -0.4 is 5.32 Å². The highest BCUT2D eigenvalue weighted by atomic mass is 32.2. The molecule has 1 amide bonds. The Labute approximate surface area is 129 Å². The minimum absolute atomic E-state index is 0.173. The van der Waals surface area contributed by atoms with Gasteiger partial charge in [-0.2, -0.15) is 4.31 Å². The Morgan fingerprint density at radius 3 is 2.55 bits per heavy atom. The van der Waals surface area contributed by atoms with Crippen molar-refractivity contribution in [2.24, 2.45) is 0 Å². The Morgan fingerprint density at radius 1 is 1.00 bits per heavy atom. The van der Waals surface area contributed by atoms with Crippen molar-refractivity contribution < 1.29 is 13.2 Å². The molecule has 0 aliphatic carbocycles. The summed E-state index contributed by atoms with van der Waals surface area (Å²) in [4.78, 5) is 12.2. The first-order valence-corrected chi connectivity index (χ1v) is 8.90. The van der Waals surface area contributed by atoms with Crippen molar-refractivity contribution in [2.75, 3.05) is 18.4 Å². The van der Waals surface area contributed by atoms with Crippen LogP contribution in [0.15, 0.2) is 35.2 Å². The van der Waals surface area contributed by atoms with E-state index < -0.39 is 10.0 Å². The van der Waals surface area contributed by atoms with E-state index in [1.165, 1.54) is 0 Å². The zero-order chi connectivity index (χ0) is 15.3. The van der Waals surface area contributed by atoms with E-state index in [2.05, 4.69) is 5.32 Å². The molecule has 2 aromatic carbocycles. The molecule has 6 heteroatoms. The third-order valence-electron chi connectivity index (χ3n) is 4.43. The third-order valence-corrected chi connectivity index (χ3v) is 6.38. The van der Waals surface area contributed by atoms with Gasteiger partial charge in [-0.3, -0.25) is 4.79 Å². The molecule has 0 bridgehead atoms. The molecule has 1 N–H and O–H groups in total. The van der Waals surface area contributed by atoms with Crippen LogP contribution in [-0.2, 0) is 10.0 Å². The highest BCUT2D eigenvalue weighted by Gasteiger charge is 2.30. The molecule has 0 radical (unpaired) electrons. The quantitative estimate of drug-likeness (QED) is 0.926. The fourth-order valence-corrected chi connectivity index (χ4v) is 5.04. The Balaban J connectivity index is 1.94. The fourth-order valence-electron chi connectivity index (χ4n) is 3.33. The van der Waals surface area contributed by atoms with Gasteiger partial charge in [-0.1, -0.05) is 18.6 Å². The molecule has 22 heavy (non-hydrogen) atoms. The van der Waals surface area contributed by atoms with Crippen molar-refractivity contribution in [3.8, 4) is 0 Å². The lowest BCUT2D eigenvalue weighted by Crippen LogP contribution is -2.35. The average molecular weight is 316 g/mol. The lowest BCUT2D eigenvalue weighted by atomic mass is 10.1. The molecule has 2 aliphatic heterocycles. The molecule has 114 valence electrons. The van der Waals surface area contributed by atoms with Crippen molar-refractivity contribution in [1.29, 1.82) is 0 Å². The van der Waals surface area contributed by atoms with Crippen LogP contribution in [0.25, 0.3) is 10.8 Å². The topological polar surface area (TPSA) is 66.5 Å². The number of hydrogen-bond acceptors (Lipinski definition) is 3. The zero-order valence-electron chi connectivity index (χ0n) is 12.0. The van der Waals surface area contributed by atoms with Gasteiger partial charge in [0.05, 0.1) is 4.90 Å². The lowest BCUT2D eigenvalue weighted by molar-refractivity contribution is 0.103. The van der Waals surface area contributed by atoms with Gasteiger partial charge in [-0.25, -0.2) is 8.42 Å². The molecule has 1 fully saturated rings. The number of carbonyl (C=O) groups is 1. The molecule has 0 aromatic heterocycles. The van der Waals surface area contributed by atoms with Gasteiger partial charge in [0.1, 0.15) is 0 Å². The van der Waals surface area contributed by atoms with E-state index in [1.54, 1.807) is 34.6 Å². The highest BCUT2D eigenvalue weighted by molar-refractivity contribution is 7.89. The van der Waals surface area contributed by atoms with Crippen LogP contribution in [0.1, 0.15) is 29.6 Å². The minimum atomic E-state index is -3.52. The molecule has 2 aliphatic rings. The maximum absolute atomic E-state index is 12.9. The van der Waals surface area contributed by atoms with Crippen molar-refractivity contribution in [1.82, 2.24) is 4.31 Å². The van der Waals surface area contributed by atoms with Crippen LogP contribution in [0.5, 0.6) is 0 Å². The van der Waals surface area contributed by atoms with Crippen LogP contribution in [0.3, 0.4) is 0 Å². The molecule has 0 saturated carbocycles. The molecule has 0 unspecified atom stereocenters. The van der Waals surface area contributed by atoms with E-state index in [0.29, 0.717) is 40.0 Å². The Bertz CT molecular complexity index is 884. The summed E-state index contributed by atoms with van der Waals surface area (Å²) in [5.41, 5.74) is 1.23. The molecule has 0 atom stereocenters. The van der Waals surface area contributed by atoms with Gasteiger partial charge in [0.15, 0.2) is 0 Å². The summed E-state index contributed by atoms with van der Waals surface area (Å²) in [5.74, 6) is -0.173. The van der Waals surface area contributed by atoms with Gasteiger partial charge in [-0.15, -0.1) is 0 Å². The molecule has 2 heterocycles. The summed E-state index contributed by atoms with van der Waals surface area (Å²) in [7, 11) is -3.52. The second-order valence-corrected chi connectivity index (χ2v) is 7.66. The first kappa shape index (κ1) is 13.7. The number of benzene rings is 2. The van der Waals surface area contributed by atoms with Crippen LogP contribution in [-0.4, -0.2) is 31.7 Å². The van der Waals surface area contributed by atoms with Crippen LogP contribution in [0.4, 0.5) is 5.69 Å². The van der Waals surface area contributed by atoms with Crippen molar-refractivity contribution in [3.63, 3.8) is 0 Å². The van der Waals surface area contributed by atoms with Gasteiger partial charge in [-0.05, 0) is 31.0 Å². The van der Waals surface area contributed by atoms with E-state index >= 15 is 0 Å². The first-order chi connectivity index (χ1) is 10.6. The molecule has 2 aromatic rings. The van der Waals surface area contributed by atoms with Crippen LogP contribution >= 0.6 is 0 Å². The maximum Gasteiger partial charge on any atom is 0.256 e. The van der Waals surface area contributed by atoms with E-state index in [9.17, 15) is 13.2 Å². The minimum Gasteiger partial charge on any atom is -0.321 e. The summed E-state index contributed by atoms with van der Waals surface area (Å²) < 4.78 is 27.5. The number of piperidine rings is 1. The van der Waals surface area contributed by atoms with Crippen LogP contribution in [0.2, 0.25) is 0 Å². The van der Waals surface area contributed by atoms with E-state index in [0.717, 1.165) is 19.3 Å². The number of nitrogens with one attached hydrogen (secondary N) is 1. The number of carbonyl (C=O) groups excluding carboxylic acids is 1. The molecule has 1 saturated heterocycles. The smallest absolute Gasteiger partial charge is 0.256 e. The van der Waals surface area contributed by atoms with E-state index in [1.807, 2.05) is 0 Å². The first-order valence-electron chi connectivity index (χ1n) is 7.46. The Kier molecular flexibility index (Phi) is 2.99. The summed E-state index contributed by atoms with van der Waals surface area (Å²) in [6.07, 6.45) is 2.88. The summed E-state index contributed by atoms with van der Waals surface area (Å²) in [6, 6.07) is 8.54. The number of rotatable bonds is 2.